The van der Waals surface area contributed by atoms with Crippen LogP contribution in [0.3, 0.4) is 0 Å². The monoisotopic (exact) mass is 450 g/mol. The normalized spacial score (nSPS) is 26.9. The van der Waals surface area contributed by atoms with Crippen LogP contribution in [0.5, 0.6) is 0 Å². The van der Waals surface area contributed by atoms with Gasteiger partial charge in [0.05, 0.1) is 13.2 Å². The molecule has 2 aromatic carbocycles. The summed E-state index contributed by atoms with van der Waals surface area (Å²) >= 11 is 0. The maximum absolute atomic E-state index is 11.2. The van der Waals surface area contributed by atoms with Crippen LogP contribution in [0.1, 0.15) is 11.1 Å². The molecule has 0 aromatic heterocycles. The van der Waals surface area contributed by atoms with Crippen LogP contribution in [0.25, 0.3) is 0 Å². The molecule has 1 heterocycles. The quantitative estimate of drug-likeness (QED) is 0.500. The van der Waals surface area contributed by atoms with Gasteiger partial charge in [-0.3, -0.25) is 4.57 Å². The van der Waals surface area contributed by atoms with Gasteiger partial charge >= 0.3 is 7.60 Å². The van der Waals surface area contributed by atoms with Crippen molar-refractivity contribution < 1.29 is 38.4 Å². The summed E-state index contributed by atoms with van der Waals surface area (Å²) in [5.41, 5.74) is 1.83. The first-order valence-electron chi connectivity index (χ1n) is 9.79. The molecule has 0 bridgehead atoms. The molecular formula is C22H27O8P. The van der Waals surface area contributed by atoms with Crippen molar-refractivity contribution in [1.82, 2.24) is 0 Å². The van der Waals surface area contributed by atoms with E-state index in [1.165, 1.54) is 7.11 Å². The summed E-state index contributed by atoms with van der Waals surface area (Å²) in [7, 11) is -2.99. The highest BCUT2D eigenvalue weighted by Crippen LogP contribution is 2.37. The van der Waals surface area contributed by atoms with Crippen molar-refractivity contribution in [2.24, 2.45) is 0 Å². The molecular weight excluding hydrogens is 423 g/mol. The van der Waals surface area contributed by atoms with Gasteiger partial charge in [-0.15, -0.1) is 0 Å². The van der Waals surface area contributed by atoms with Crippen molar-refractivity contribution in [2.75, 3.05) is 7.11 Å². The van der Waals surface area contributed by atoms with E-state index >= 15 is 0 Å². The number of rotatable bonds is 9. The molecule has 168 valence electrons. The molecule has 1 saturated heterocycles. The van der Waals surface area contributed by atoms with Gasteiger partial charge < -0.3 is 33.8 Å². The maximum atomic E-state index is 11.2. The molecule has 9 heteroatoms. The van der Waals surface area contributed by atoms with Crippen molar-refractivity contribution in [1.29, 1.82) is 0 Å². The lowest BCUT2D eigenvalue weighted by Gasteiger charge is -2.43. The van der Waals surface area contributed by atoms with Crippen LogP contribution in [0.4, 0.5) is 0 Å². The molecule has 1 aliphatic rings. The molecule has 3 rings (SSSR count). The van der Waals surface area contributed by atoms with Gasteiger partial charge in [-0.1, -0.05) is 60.7 Å². The Balaban J connectivity index is 1.80. The lowest BCUT2D eigenvalue weighted by atomic mass is 9.98. The highest BCUT2D eigenvalue weighted by molar-refractivity contribution is 7.55. The van der Waals surface area contributed by atoms with Gasteiger partial charge in [0.1, 0.15) is 24.4 Å². The lowest BCUT2D eigenvalue weighted by molar-refractivity contribution is -0.301. The van der Waals surface area contributed by atoms with E-state index in [0.717, 1.165) is 17.2 Å². The van der Waals surface area contributed by atoms with Crippen LogP contribution >= 0.6 is 7.60 Å². The Morgan fingerprint density at radius 1 is 0.935 bits per heavy atom. The van der Waals surface area contributed by atoms with Crippen LogP contribution in [0.2, 0.25) is 0 Å². The summed E-state index contributed by atoms with van der Waals surface area (Å²) in [6.07, 6.45) is -3.71. The fourth-order valence-electron chi connectivity index (χ4n) is 3.29. The Morgan fingerprint density at radius 3 is 1.94 bits per heavy atom. The van der Waals surface area contributed by atoms with Crippen molar-refractivity contribution in [3.63, 3.8) is 0 Å². The second kappa shape index (κ2) is 11.1. The Hall–Kier alpha value is -1.87. The third kappa shape index (κ3) is 7.07. The maximum Gasteiger partial charge on any atom is 0.348 e. The van der Waals surface area contributed by atoms with Crippen molar-refractivity contribution in [2.45, 2.75) is 43.9 Å². The Kier molecular flexibility index (Phi) is 8.54. The Labute approximate surface area is 181 Å². The number of hydrogen-bond acceptors (Lipinski definition) is 6. The van der Waals surface area contributed by atoms with Crippen molar-refractivity contribution in [3.05, 3.63) is 83.7 Å². The Morgan fingerprint density at radius 2 is 1.45 bits per heavy atom. The van der Waals surface area contributed by atoms with Crippen LogP contribution in [0.15, 0.2) is 72.6 Å². The van der Waals surface area contributed by atoms with E-state index in [1.54, 1.807) is 0 Å². The molecule has 31 heavy (non-hydrogen) atoms. The third-order valence-electron chi connectivity index (χ3n) is 4.83. The van der Waals surface area contributed by atoms with E-state index in [0.29, 0.717) is 5.82 Å². The number of ether oxygens (including phenoxy) is 4. The van der Waals surface area contributed by atoms with E-state index in [2.05, 4.69) is 0 Å². The van der Waals surface area contributed by atoms with Crippen LogP contribution < -0.4 is 0 Å². The topological polar surface area (TPSA) is 115 Å². The highest BCUT2D eigenvalue weighted by Gasteiger charge is 2.46. The molecule has 0 aliphatic carbocycles. The van der Waals surface area contributed by atoms with Gasteiger partial charge in [-0.25, -0.2) is 0 Å². The minimum Gasteiger partial charge on any atom is -0.387 e. The van der Waals surface area contributed by atoms with E-state index in [-0.39, 0.29) is 13.2 Å². The van der Waals surface area contributed by atoms with E-state index in [1.807, 2.05) is 60.7 Å². The number of aliphatic hydroxyl groups is 1. The van der Waals surface area contributed by atoms with Crippen LogP contribution in [-0.2, 0) is 36.7 Å². The zero-order valence-electron chi connectivity index (χ0n) is 17.1. The summed E-state index contributed by atoms with van der Waals surface area (Å²) in [4.78, 5) is 18.3. The summed E-state index contributed by atoms with van der Waals surface area (Å²) in [6, 6.07) is 18.9. The van der Waals surface area contributed by atoms with E-state index in [9.17, 15) is 9.67 Å². The molecule has 5 unspecified atom stereocenters. The SMILES string of the molecule is COC1OC(/C=C/P(=O)(O)O)C(O)C(OCc2ccccc2)C1OCc1ccccc1. The summed E-state index contributed by atoms with van der Waals surface area (Å²) in [5.74, 6) is 0.701. The zero-order valence-corrected chi connectivity index (χ0v) is 18.0. The number of hydrogen-bond donors (Lipinski definition) is 3. The average molecular weight is 450 g/mol. The van der Waals surface area contributed by atoms with E-state index in [4.69, 9.17) is 28.7 Å². The van der Waals surface area contributed by atoms with Gasteiger partial charge in [0.15, 0.2) is 6.29 Å². The fourth-order valence-corrected chi connectivity index (χ4v) is 3.69. The van der Waals surface area contributed by atoms with Gasteiger partial charge in [-0.2, -0.15) is 0 Å². The second-order valence-electron chi connectivity index (χ2n) is 7.15. The number of aliphatic hydroxyl groups excluding tert-OH is 1. The summed E-state index contributed by atoms with van der Waals surface area (Å²) < 4.78 is 34.4. The minimum absolute atomic E-state index is 0.207. The molecule has 0 amide bonds. The predicted molar refractivity (Wildman–Crippen MR) is 113 cm³/mol. The lowest BCUT2D eigenvalue weighted by Crippen LogP contribution is -2.59. The van der Waals surface area contributed by atoms with Gasteiger partial charge in [0.25, 0.3) is 0 Å². The van der Waals surface area contributed by atoms with E-state index < -0.39 is 38.3 Å². The molecule has 0 saturated carbocycles. The predicted octanol–water partition coefficient (Wildman–Crippen LogP) is 2.58. The van der Waals surface area contributed by atoms with Gasteiger partial charge in [0.2, 0.25) is 0 Å². The average Bonchev–Trinajstić information content (AvgIpc) is 2.77. The van der Waals surface area contributed by atoms with Gasteiger partial charge in [-0.05, 0) is 17.2 Å². The smallest absolute Gasteiger partial charge is 0.348 e. The van der Waals surface area contributed by atoms with Crippen molar-refractivity contribution in [3.8, 4) is 0 Å². The second-order valence-corrected chi connectivity index (χ2v) is 8.62. The van der Waals surface area contributed by atoms with Crippen LogP contribution in [-0.4, -0.2) is 52.7 Å². The van der Waals surface area contributed by atoms with Crippen molar-refractivity contribution >= 4 is 7.60 Å². The third-order valence-corrected chi connectivity index (χ3v) is 5.39. The minimum atomic E-state index is -4.42. The highest BCUT2D eigenvalue weighted by atomic mass is 31.2. The molecule has 3 N–H and O–H groups in total. The number of methoxy groups -OCH3 is 1. The zero-order chi connectivity index (χ0) is 22.3. The molecule has 1 fully saturated rings. The molecule has 8 nitrogen and oxygen atoms in total. The molecule has 5 atom stereocenters. The first-order valence-corrected chi connectivity index (χ1v) is 11.5. The molecule has 0 spiro atoms. The standard InChI is InChI=1S/C22H27O8P/c1-27-22-21(29-15-17-10-6-3-7-11-17)20(28-14-16-8-4-2-5-9-16)19(23)18(30-22)12-13-31(24,25)26/h2-13,18-23H,14-15H2,1H3,(H2,24,25,26)/b13-12+. The first kappa shape index (κ1) is 23.8. The summed E-state index contributed by atoms with van der Waals surface area (Å²) in [6.45, 7) is 0.453. The van der Waals surface area contributed by atoms with Gasteiger partial charge in [0, 0.05) is 12.9 Å². The largest absolute Gasteiger partial charge is 0.387 e. The fraction of sp³-hybridized carbons (Fsp3) is 0.364. The first-order chi connectivity index (χ1) is 14.9. The van der Waals surface area contributed by atoms with Crippen LogP contribution in [0, 0.1) is 0 Å². The molecule has 2 aromatic rings. The molecule has 0 radical (unpaired) electrons. The molecule has 1 aliphatic heterocycles. The Bertz CT molecular complexity index is 870. The summed E-state index contributed by atoms with van der Waals surface area (Å²) in [5, 5.41) is 10.9. The number of benzene rings is 2.